The zero-order chi connectivity index (χ0) is 19.5. The van der Waals surface area contributed by atoms with Gasteiger partial charge in [-0.2, -0.15) is 4.98 Å². The number of methoxy groups -OCH3 is 1. The molecule has 1 N–H and O–H groups in total. The first-order valence-electron chi connectivity index (χ1n) is 8.66. The molecular formula is C21H18FN5O. The van der Waals surface area contributed by atoms with Crippen LogP contribution in [0.15, 0.2) is 67.0 Å². The van der Waals surface area contributed by atoms with Crippen LogP contribution in [0, 0.1) is 5.82 Å². The summed E-state index contributed by atoms with van der Waals surface area (Å²) in [6, 6.07) is 16.9. The summed E-state index contributed by atoms with van der Waals surface area (Å²) in [6.45, 7) is 0. The summed E-state index contributed by atoms with van der Waals surface area (Å²) in [5.74, 6) is 0.702. The molecule has 2 aromatic carbocycles. The Labute approximate surface area is 161 Å². The molecule has 2 aromatic heterocycles. The molecule has 0 unspecified atom stereocenters. The second-order valence-electron chi connectivity index (χ2n) is 6.16. The molecule has 0 radical (unpaired) electrons. The van der Waals surface area contributed by atoms with Crippen LogP contribution >= 0.6 is 0 Å². The van der Waals surface area contributed by atoms with Crippen LogP contribution in [0.3, 0.4) is 0 Å². The first-order chi connectivity index (χ1) is 13.6. The molecule has 0 spiro atoms. The van der Waals surface area contributed by atoms with E-state index in [2.05, 4.69) is 20.3 Å². The molecule has 6 nitrogen and oxygen atoms in total. The Bertz CT molecular complexity index is 1120. The summed E-state index contributed by atoms with van der Waals surface area (Å²) in [4.78, 5) is 14.5. The quantitative estimate of drug-likeness (QED) is 0.546. The van der Waals surface area contributed by atoms with Crippen LogP contribution in [0.2, 0.25) is 0 Å². The van der Waals surface area contributed by atoms with Gasteiger partial charge < -0.3 is 15.0 Å². The number of halogens is 1. The van der Waals surface area contributed by atoms with Gasteiger partial charge in [0.1, 0.15) is 5.75 Å². The van der Waals surface area contributed by atoms with Crippen molar-refractivity contribution in [2.45, 2.75) is 0 Å². The van der Waals surface area contributed by atoms with Gasteiger partial charge in [0.25, 0.3) is 0 Å². The maximum absolute atomic E-state index is 14.3. The minimum atomic E-state index is -0.529. The van der Waals surface area contributed by atoms with Crippen molar-refractivity contribution in [3.63, 3.8) is 0 Å². The Hall–Kier alpha value is -3.74. The van der Waals surface area contributed by atoms with Crippen molar-refractivity contribution >= 4 is 34.0 Å². The fourth-order valence-electron chi connectivity index (χ4n) is 2.82. The number of hydrogen-bond acceptors (Lipinski definition) is 6. The van der Waals surface area contributed by atoms with Crippen LogP contribution < -0.4 is 15.0 Å². The molecule has 2 heterocycles. The van der Waals surface area contributed by atoms with Gasteiger partial charge in [-0.1, -0.05) is 6.07 Å². The zero-order valence-electron chi connectivity index (χ0n) is 15.4. The van der Waals surface area contributed by atoms with E-state index >= 15 is 0 Å². The molecule has 4 aromatic rings. The van der Waals surface area contributed by atoms with E-state index in [-0.39, 0.29) is 5.82 Å². The number of pyridine rings is 1. The SMILES string of the molecule is COc1ccc(N(C)c2ncc(F)c(Nc3ccc4ncccc4c3)n2)cc1. The predicted octanol–water partition coefficient (Wildman–Crippen LogP) is 4.68. The van der Waals surface area contributed by atoms with E-state index in [9.17, 15) is 4.39 Å². The van der Waals surface area contributed by atoms with Gasteiger partial charge in [-0.05, 0) is 48.5 Å². The molecule has 0 amide bonds. The molecule has 0 fully saturated rings. The normalized spacial score (nSPS) is 10.7. The number of anilines is 4. The number of aromatic nitrogens is 3. The molecule has 0 atom stereocenters. The summed E-state index contributed by atoms with van der Waals surface area (Å²) in [5, 5.41) is 3.98. The van der Waals surface area contributed by atoms with E-state index in [0.29, 0.717) is 5.95 Å². The van der Waals surface area contributed by atoms with Crippen LogP contribution in [0.5, 0.6) is 5.75 Å². The van der Waals surface area contributed by atoms with Crippen molar-refractivity contribution in [1.29, 1.82) is 0 Å². The molecular weight excluding hydrogens is 357 g/mol. The predicted molar refractivity (Wildman–Crippen MR) is 108 cm³/mol. The average Bonchev–Trinajstić information content (AvgIpc) is 2.75. The lowest BCUT2D eigenvalue weighted by atomic mass is 10.2. The monoisotopic (exact) mass is 375 g/mol. The van der Waals surface area contributed by atoms with E-state index in [0.717, 1.165) is 34.2 Å². The summed E-state index contributed by atoms with van der Waals surface area (Å²) < 4.78 is 19.5. The minimum Gasteiger partial charge on any atom is -0.497 e. The molecule has 28 heavy (non-hydrogen) atoms. The second-order valence-corrected chi connectivity index (χ2v) is 6.16. The highest BCUT2D eigenvalue weighted by Gasteiger charge is 2.12. The molecule has 0 aliphatic rings. The highest BCUT2D eigenvalue weighted by molar-refractivity contribution is 5.83. The summed E-state index contributed by atoms with van der Waals surface area (Å²) >= 11 is 0. The number of fused-ring (bicyclic) bond motifs is 1. The maximum atomic E-state index is 14.3. The molecule has 140 valence electrons. The summed E-state index contributed by atoms with van der Waals surface area (Å²) in [7, 11) is 3.43. The number of hydrogen-bond donors (Lipinski definition) is 1. The fraction of sp³-hybridized carbons (Fsp3) is 0.0952. The van der Waals surface area contributed by atoms with Crippen LogP contribution in [0.4, 0.5) is 27.5 Å². The minimum absolute atomic E-state index is 0.105. The van der Waals surface area contributed by atoms with Crippen molar-refractivity contribution < 1.29 is 9.13 Å². The van der Waals surface area contributed by atoms with Crippen LogP contribution in [-0.4, -0.2) is 29.1 Å². The maximum Gasteiger partial charge on any atom is 0.231 e. The number of nitrogens with one attached hydrogen (secondary N) is 1. The van der Waals surface area contributed by atoms with E-state index < -0.39 is 5.82 Å². The van der Waals surface area contributed by atoms with Gasteiger partial charge in [0, 0.05) is 30.0 Å². The molecule has 0 saturated heterocycles. The molecule has 0 aliphatic heterocycles. The van der Waals surface area contributed by atoms with E-state index in [4.69, 9.17) is 4.74 Å². The van der Waals surface area contributed by atoms with Gasteiger partial charge in [0.15, 0.2) is 11.6 Å². The third-order valence-corrected chi connectivity index (χ3v) is 4.36. The second kappa shape index (κ2) is 7.48. The van der Waals surface area contributed by atoms with E-state index in [1.807, 2.05) is 61.6 Å². The highest BCUT2D eigenvalue weighted by Crippen LogP contribution is 2.26. The zero-order valence-corrected chi connectivity index (χ0v) is 15.4. The van der Waals surface area contributed by atoms with Gasteiger partial charge in [-0.15, -0.1) is 0 Å². The molecule has 0 bridgehead atoms. The Morgan fingerprint density at radius 3 is 2.64 bits per heavy atom. The Morgan fingerprint density at radius 2 is 1.86 bits per heavy atom. The van der Waals surface area contributed by atoms with Crippen molar-refractivity contribution in [2.24, 2.45) is 0 Å². The molecule has 0 saturated carbocycles. The van der Waals surface area contributed by atoms with Gasteiger partial charge in [-0.25, -0.2) is 9.37 Å². The first-order valence-corrected chi connectivity index (χ1v) is 8.66. The largest absolute Gasteiger partial charge is 0.497 e. The van der Waals surface area contributed by atoms with Crippen molar-refractivity contribution in [2.75, 3.05) is 24.4 Å². The Kier molecular flexibility index (Phi) is 4.72. The first kappa shape index (κ1) is 17.7. The lowest BCUT2D eigenvalue weighted by Crippen LogP contribution is -2.14. The summed E-state index contributed by atoms with van der Waals surface area (Å²) in [5.41, 5.74) is 2.45. The Morgan fingerprint density at radius 1 is 1.04 bits per heavy atom. The van der Waals surface area contributed by atoms with Crippen LogP contribution in [0.1, 0.15) is 0 Å². The highest BCUT2D eigenvalue weighted by atomic mass is 19.1. The average molecular weight is 375 g/mol. The van der Waals surface area contributed by atoms with Gasteiger partial charge >= 0.3 is 0 Å². The van der Waals surface area contributed by atoms with Crippen LogP contribution in [0.25, 0.3) is 10.9 Å². The Balaban J connectivity index is 1.62. The third kappa shape index (κ3) is 3.55. The van der Waals surface area contributed by atoms with Gasteiger partial charge in [-0.3, -0.25) is 4.98 Å². The van der Waals surface area contributed by atoms with E-state index in [1.54, 1.807) is 18.2 Å². The molecule has 0 aliphatic carbocycles. The number of benzene rings is 2. The topological polar surface area (TPSA) is 63.2 Å². The number of nitrogens with zero attached hydrogens (tertiary/aromatic N) is 4. The van der Waals surface area contributed by atoms with E-state index in [1.165, 1.54) is 0 Å². The molecule has 7 heteroatoms. The van der Waals surface area contributed by atoms with Crippen molar-refractivity contribution in [3.05, 3.63) is 72.8 Å². The third-order valence-electron chi connectivity index (χ3n) is 4.36. The van der Waals surface area contributed by atoms with Gasteiger partial charge in [0.2, 0.25) is 5.95 Å². The van der Waals surface area contributed by atoms with Crippen LogP contribution in [-0.2, 0) is 0 Å². The fourth-order valence-corrected chi connectivity index (χ4v) is 2.82. The lowest BCUT2D eigenvalue weighted by Gasteiger charge is -2.18. The smallest absolute Gasteiger partial charge is 0.231 e. The standard InChI is InChI=1S/C21H18FN5O/c1-27(16-6-8-17(28-2)9-7-16)21-24-13-18(22)20(26-21)25-15-5-10-19-14(12-15)4-3-11-23-19/h3-13H,1-2H3,(H,24,25,26). The number of ether oxygens (including phenoxy) is 1. The lowest BCUT2D eigenvalue weighted by molar-refractivity contribution is 0.415. The summed E-state index contributed by atoms with van der Waals surface area (Å²) in [6.07, 6.45) is 2.90. The van der Waals surface area contributed by atoms with Crippen molar-refractivity contribution in [1.82, 2.24) is 15.0 Å². The number of rotatable bonds is 5. The van der Waals surface area contributed by atoms with Crippen molar-refractivity contribution in [3.8, 4) is 5.75 Å². The van der Waals surface area contributed by atoms with Gasteiger partial charge in [0.05, 0.1) is 18.8 Å². The molecule has 4 rings (SSSR count).